The number of hydrogen-bond acceptors (Lipinski definition) is 4. The van der Waals surface area contributed by atoms with E-state index in [0.717, 1.165) is 27.5 Å². The molecule has 0 radical (unpaired) electrons. The Balaban J connectivity index is 1.82. The van der Waals surface area contributed by atoms with Gasteiger partial charge in [0.15, 0.2) is 0 Å². The van der Waals surface area contributed by atoms with E-state index in [-0.39, 0.29) is 5.41 Å². The van der Waals surface area contributed by atoms with Crippen molar-refractivity contribution in [2.24, 2.45) is 11.1 Å². The molecule has 0 aliphatic carbocycles. The molecule has 0 spiro atoms. The molecule has 132 valence electrons. The van der Waals surface area contributed by atoms with Crippen molar-refractivity contribution in [3.05, 3.63) is 60.4 Å². The molecule has 1 atom stereocenters. The van der Waals surface area contributed by atoms with Crippen LogP contribution in [0.25, 0.3) is 21.9 Å². The number of primary amides is 1. The Bertz CT molecular complexity index is 992. The molecular weight excluding hydrogens is 328 g/mol. The van der Waals surface area contributed by atoms with Crippen LogP contribution in [0.1, 0.15) is 25.5 Å². The molecule has 0 saturated carbocycles. The average molecular weight is 348 g/mol. The van der Waals surface area contributed by atoms with E-state index in [1.165, 1.54) is 0 Å². The van der Waals surface area contributed by atoms with Crippen molar-refractivity contribution in [1.29, 1.82) is 0 Å². The number of amides is 1. The van der Waals surface area contributed by atoms with Crippen LogP contribution in [0.2, 0.25) is 0 Å². The fourth-order valence-corrected chi connectivity index (χ4v) is 3.49. The first kappa shape index (κ1) is 16.4. The van der Waals surface area contributed by atoms with Crippen LogP contribution in [0.4, 0.5) is 4.79 Å². The summed E-state index contributed by atoms with van der Waals surface area (Å²) in [5.74, 6) is 0.709. The maximum Gasteiger partial charge on any atom is 0.405 e. The molecular formula is C21H20N2O3. The Kier molecular flexibility index (Phi) is 3.80. The molecule has 2 aromatic carbocycles. The number of ether oxygens (including phenoxy) is 2. The number of benzene rings is 2. The van der Waals surface area contributed by atoms with Crippen molar-refractivity contribution in [3.63, 3.8) is 0 Å². The zero-order valence-electron chi connectivity index (χ0n) is 14.7. The van der Waals surface area contributed by atoms with E-state index in [2.05, 4.69) is 11.1 Å². The van der Waals surface area contributed by atoms with Gasteiger partial charge in [0.05, 0.1) is 6.61 Å². The summed E-state index contributed by atoms with van der Waals surface area (Å²) in [6.07, 6.45) is 2.49. The van der Waals surface area contributed by atoms with Gasteiger partial charge in [-0.1, -0.05) is 50.2 Å². The fraction of sp³-hybridized carbons (Fsp3) is 0.238. The predicted octanol–water partition coefficient (Wildman–Crippen LogP) is 4.46. The monoisotopic (exact) mass is 348 g/mol. The Morgan fingerprint density at radius 3 is 2.85 bits per heavy atom. The van der Waals surface area contributed by atoms with Crippen LogP contribution < -0.4 is 10.5 Å². The minimum Gasteiger partial charge on any atom is -0.492 e. The first-order valence-corrected chi connectivity index (χ1v) is 8.52. The molecule has 26 heavy (non-hydrogen) atoms. The van der Waals surface area contributed by atoms with Crippen molar-refractivity contribution >= 4 is 16.9 Å². The van der Waals surface area contributed by atoms with Gasteiger partial charge >= 0.3 is 6.09 Å². The lowest BCUT2D eigenvalue weighted by atomic mass is 9.80. The van der Waals surface area contributed by atoms with Crippen LogP contribution in [0.3, 0.4) is 0 Å². The molecule has 4 rings (SSSR count). The van der Waals surface area contributed by atoms with Crippen LogP contribution >= 0.6 is 0 Å². The van der Waals surface area contributed by atoms with Crippen molar-refractivity contribution < 1.29 is 14.3 Å². The first-order chi connectivity index (χ1) is 12.5. The van der Waals surface area contributed by atoms with Gasteiger partial charge < -0.3 is 15.2 Å². The van der Waals surface area contributed by atoms with Crippen LogP contribution in [-0.2, 0) is 4.74 Å². The van der Waals surface area contributed by atoms with E-state index in [1.54, 1.807) is 0 Å². The summed E-state index contributed by atoms with van der Waals surface area (Å²) in [5.41, 5.74) is 7.79. The summed E-state index contributed by atoms with van der Waals surface area (Å²) in [7, 11) is 0. The highest BCUT2D eigenvalue weighted by Crippen LogP contribution is 2.46. The number of fused-ring (bicyclic) bond motifs is 2. The summed E-state index contributed by atoms with van der Waals surface area (Å²) in [6, 6.07) is 14.1. The third-order valence-electron chi connectivity index (χ3n) is 4.82. The summed E-state index contributed by atoms with van der Waals surface area (Å²) >= 11 is 0. The molecule has 2 heterocycles. The van der Waals surface area contributed by atoms with Gasteiger partial charge in [0.25, 0.3) is 0 Å². The van der Waals surface area contributed by atoms with Crippen molar-refractivity contribution in [2.45, 2.75) is 20.0 Å². The van der Waals surface area contributed by atoms with Crippen molar-refractivity contribution in [1.82, 2.24) is 4.98 Å². The van der Waals surface area contributed by atoms with Gasteiger partial charge in [-0.3, -0.25) is 4.98 Å². The Hall–Kier alpha value is -3.08. The molecule has 1 aliphatic heterocycles. The maximum atomic E-state index is 11.4. The largest absolute Gasteiger partial charge is 0.492 e. The summed E-state index contributed by atoms with van der Waals surface area (Å²) in [6.45, 7) is 4.42. The van der Waals surface area contributed by atoms with Gasteiger partial charge in [-0.05, 0) is 17.0 Å². The fourth-order valence-electron chi connectivity index (χ4n) is 3.49. The molecule has 1 amide bonds. The molecule has 5 nitrogen and oxygen atoms in total. The lowest BCUT2D eigenvalue weighted by Crippen LogP contribution is -2.37. The van der Waals surface area contributed by atoms with Gasteiger partial charge in [0.1, 0.15) is 11.9 Å². The average Bonchev–Trinajstić information content (AvgIpc) is 2.63. The lowest BCUT2D eigenvalue weighted by Gasteiger charge is -2.38. The molecule has 1 aliphatic rings. The molecule has 2 N–H and O–H groups in total. The van der Waals surface area contributed by atoms with Crippen LogP contribution in [0.15, 0.2) is 54.9 Å². The molecule has 0 bridgehead atoms. The molecule has 1 unspecified atom stereocenters. The Morgan fingerprint density at radius 2 is 2.04 bits per heavy atom. The number of carbonyl (C=O) groups is 1. The maximum absolute atomic E-state index is 11.4. The number of nitrogens with zero attached hydrogens (tertiary/aromatic N) is 1. The SMILES string of the molecule is CC1(C)COc2cc(-c3cncc4ccccc34)ccc2C1OC(N)=O. The quantitative estimate of drug-likeness (QED) is 0.742. The topological polar surface area (TPSA) is 74.4 Å². The van der Waals surface area contributed by atoms with Gasteiger partial charge in [0.2, 0.25) is 0 Å². The number of carbonyl (C=O) groups excluding carboxylic acids is 1. The second-order valence-corrected chi connectivity index (χ2v) is 7.25. The molecule has 5 heteroatoms. The van der Waals surface area contributed by atoms with Crippen molar-refractivity contribution in [3.8, 4) is 16.9 Å². The minimum absolute atomic E-state index is 0.357. The number of hydrogen-bond donors (Lipinski definition) is 1. The second-order valence-electron chi connectivity index (χ2n) is 7.25. The third kappa shape index (κ3) is 2.75. The molecule has 0 fully saturated rings. The highest BCUT2D eigenvalue weighted by Gasteiger charge is 2.40. The second kappa shape index (κ2) is 6.02. The van der Waals surface area contributed by atoms with Crippen LogP contribution in [0.5, 0.6) is 5.75 Å². The highest BCUT2D eigenvalue weighted by atomic mass is 16.6. The molecule has 1 aromatic heterocycles. The van der Waals surface area contributed by atoms with E-state index in [9.17, 15) is 4.79 Å². The van der Waals surface area contributed by atoms with Crippen LogP contribution in [0, 0.1) is 5.41 Å². The lowest BCUT2D eigenvalue weighted by molar-refractivity contribution is -0.0176. The minimum atomic E-state index is -0.779. The summed E-state index contributed by atoms with van der Waals surface area (Å²) in [4.78, 5) is 15.7. The zero-order chi connectivity index (χ0) is 18.3. The Morgan fingerprint density at radius 1 is 1.23 bits per heavy atom. The van der Waals surface area contributed by atoms with Gasteiger partial charge in [-0.2, -0.15) is 0 Å². The number of nitrogens with two attached hydrogens (primary N) is 1. The molecule has 3 aromatic rings. The first-order valence-electron chi connectivity index (χ1n) is 8.52. The van der Waals surface area contributed by atoms with E-state index < -0.39 is 12.2 Å². The van der Waals surface area contributed by atoms with Crippen LogP contribution in [-0.4, -0.2) is 17.7 Å². The zero-order valence-corrected chi connectivity index (χ0v) is 14.7. The van der Waals surface area contributed by atoms with Gasteiger partial charge in [-0.25, -0.2) is 4.79 Å². The van der Waals surface area contributed by atoms with E-state index in [1.807, 2.05) is 62.6 Å². The number of pyridine rings is 1. The highest BCUT2D eigenvalue weighted by molar-refractivity contribution is 5.95. The smallest absolute Gasteiger partial charge is 0.405 e. The van der Waals surface area contributed by atoms with Gasteiger partial charge in [0, 0.05) is 34.3 Å². The van der Waals surface area contributed by atoms with E-state index in [4.69, 9.17) is 15.2 Å². The normalized spacial score (nSPS) is 18.0. The Labute approximate surface area is 151 Å². The third-order valence-corrected chi connectivity index (χ3v) is 4.82. The van der Waals surface area contributed by atoms with E-state index in [0.29, 0.717) is 12.4 Å². The molecule has 0 saturated heterocycles. The van der Waals surface area contributed by atoms with Gasteiger partial charge in [-0.15, -0.1) is 0 Å². The standard InChI is InChI=1S/C21H20N2O3/c1-21(2)12-25-18-9-13(7-8-16(18)19(21)26-20(22)24)17-11-23-10-14-5-3-4-6-15(14)17/h3-11,19H,12H2,1-2H3,(H2,22,24). The summed E-state index contributed by atoms with van der Waals surface area (Å²) < 4.78 is 11.4. The van der Waals surface area contributed by atoms with Crippen molar-refractivity contribution in [2.75, 3.05) is 6.61 Å². The number of rotatable bonds is 2. The van der Waals surface area contributed by atoms with E-state index >= 15 is 0 Å². The predicted molar refractivity (Wildman–Crippen MR) is 99.9 cm³/mol. The number of aromatic nitrogens is 1. The summed E-state index contributed by atoms with van der Waals surface area (Å²) in [5, 5.41) is 2.21.